The van der Waals surface area contributed by atoms with E-state index >= 15 is 0 Å². The first-order valence-corrected chi connectivity index (χ1v) is 5.37. The maximum Gasteiger partial charge on any atom is 0.145 e. The third-order valence-electron chi connectivity index (χ3n) is 2.70. The van der Waals surface area contributed by atoms with Gasteiger partial charge in [0, 0.05) is 12.6 Å². The van der Waals surface area contributed by atoms with E-state index in [1.807, 2.05) is 6.07 Å². The Kier molecular flexibility index (Phi) is 3.21. The molecule has 1 aliphatic heterocycles. The number of rotatable bonds is 2. The van der Waals surface area contributed by atoms with Crippen LogP contribution in [0.1, 0.15) is 13.8 Å². The molecule has 0 spiro atoms. The Balaban J connectivity index is 2.20. The van der Waals surface area contributed by atoms with Crippen LogP contribution in [-0.4, -0.2) is 35.3 Å². The van der Waals surface area contributed by atoms with Gasteiger partial charge >= 0.3 is 0 Å². The van der Waals surface area contributed by atoms with E-state index in [0.29, 0.717) is 11.9 Å². The summed E-state index contributed by atoms with van der Waals surface area (Å²) in [5.41, 5.74) is 2.52. The summed E-state index contributed by atoms with van der Waals surface area (Å²) in [4.78, 5) is 10.5. The number of hydrogen-bond acceptors (Lipinski definition) is 6. The summed E-state index contributed by atoms with van der Waals surface area (Å²) < 4.78 is 5.57. The second kappa shape index (κ2) is 4.63. The molecule has 3 N–H and O–H groups in total. The van der Waals surface area contributed by atoms with E-state index in [4.69, 9.17) is 10.6 Å². The Morgan fingerprint density at radius 1 is 1.50 bits per heavy atom. The maximum atomic E-state index is 5.57. The molecular formula is C10H17N5O. The van der Waals surface area contributed by atoms with Gasteiger partial charge in [-0.1, -0.05) is 0 Å². The Bertz CT molecular complexity index is 359. The fourth-order valence-corrected chi connectivity index (χ4v) is 1.81. The van der Waals surface area contributed by atoms with Crippen LogP contribution in [0.5, 0.6) is 0 Å². The van der Waals surface area contributed by atoms with Crippen molar-refractivity contribution in [3.8, 4) is 0 Å². The topological polar surface area (TPSA) is 76.3 Å². The van der Waals surface area contributed by atoms with Crippen molar-refractivity contribution in [3.63, 3.8) is 0 Å². The van der Waals surface area contributed by atoms with E-state index in [2.05, 4.69) is 34.1 Å². The van der Waals surface area contributed by atoms with E-state index in [9.17, 15) is 0 Å². The Morgan fingerprint density at radius 3 is 3.06 bits per heavy atom. The van der Waals surface area contributed by atoms with Gasteiger partial charge in [0.05, 0.1) is 18.8 Å². The number of morpholine rings is 1. The van der Waals surface area contributed by atoms with Gasteiger partial charge in [-0.15, -0.1) is 0 Å². The van der Waals surface area contributed by atoms with E-state index in [1.165, 1.54) is 6.33 Å². The van der Waals surface area contributed by atoms with Crippen LogP contribution in [0.25, 0.3) is 0 Å². The lowest BCUT2D eigenvalue weighted by molar-refractivity contribution is 0.0340. The van der Waals surface area contributed by atoms with E-state index < -0.39 is 0 Å². The van der Waals surface area contributed by atoms with Crippen molar-refractivity contribution in [2.24, 2.45) is 5.84 Å². The monoisotopic (exact) mass is 223 g/mol. The SMILES string of the molecule is CC1CN(c2cc(NN)ncn2)C(C)CO1. The van der Waals surface area contributed by atoms with Crippen LogP contribution < -0.4 is 16.2 Å². The van der Waals surface area contributed by atoms with E-state index in [-0.39, 0.29) is 6.10 Å². The molecule has 2 heterocycles. The van der Waals surface area contributed by atoms with Gasteiger partial charge in [0.25, 0.3) is 0 Å². The summed E-state index contributed by atoms with van der Waals surface area (Å²) >= 11 is 0. The predicted molar refractivity (Wildman–Crippen MR) is 62.1 cm³/mol. The molecule has 0 amide bonds. The van der Waals surface area contributed by atoms with Crippen LogP contribution in [0.15, 0.2) is 12.4 Å². The van der Waals surface area contributed by atoms with Crippen molar-refractivity contribution in [3.05, 3.63) is 12.4 Å². The van der Waals surface area contributed by atoms with Gasteiger partial charge in [-0.2, -0.15) is 0 Å². The lowest BCUT2D eigenvalue weighted by Gasteiger charge is -2.37. The maximum absolute atomic E-state index is 5.57. The first-order valence-electron chi connectivity index (χ1n) is 5.37. The summed E-state index contributed by atoms with van der Waals surface area (Å²) in [5, 5.41) is 0. The summed E-state index contributed by atoms with van der Waals surface area (Å²) in [7, 11) is 0. The molecule has 1 aromatic heterocycles. The molecule has 0 bridgehead atoms. The van der Waals surface area contributed by atoms with Gasteiger partial charge in [-0.3, -0.25) is 0 Å². The summed E-state index contributed by atoms with van der Waals surface area (Å²) in [5.74, 6) is 6.83. The fraction of sp³-hybridized carbons (Fsp3) is 0.600. The van der Waals surface area contributed by atoms with Crippen LogP contribution in [0.3, 0.4) is 0 Å². The number of aromatic nitrogens is 2. The van der Waals surface area contributed by atoms with Crippen LogP contribution in [0, 0.1) is 0 Å². The molecule has 6 nitrogen and oxygen atoms in total. The van der Waals surface area contributed by atoms with Crippen LogP contribution in [0.2, 0.25) is 0 Å². The van der Waals surface area contributed by atoms with Crippen molar-refractivity contribution in [2.75, 3.05) is 23.5 Å². The summed E-state index contributed by atoms with van der Waals surface area (Å²) in [6.45, 7) is 5.73. The number of nitrogens with one attached hydrogen (secondary N) is 1. The lowest BCUT2D eigenvalue weighted by Crippen LogP contribution is -2.47. The molecule has 1 fully saturated rings. The second-order valence-electron chi connectivity index (χ2n) is 4.05. The number of nitrogen functional groups attached to an aromatic ring is 1. The number of nitrogens with zero attached hydrogens (tertiary/aromatic N) is 3. The number of ether oxygens (including phenoxy) is 1. The molecule has 0 saturated carbocycles. The highest BCUT2D eigenvalue weighted by Crippen LogP contribution is 2.20. The number of hydrogen-bond donors (Lipinski definition) is 2. The van der Waals surface area contributed by atoms with Gasteiger partial charge in [-0.05, 0) is 13.8 Å². The fourth-order valence-electron chi connectivity index (χ4n) is 1.81. The highest BCUT2D eigenvalue weighted by molar-refractivity contribution is 5.48. The largest absolute Gasteiger partial charge is 0.375 e. The molecule has 1 aliphatic rings. The first-order chi connectivity index (χ1) is 7.70. The molecule has 2 rings (SSSR count). The summed E-state index contributed by atoms with van der Waals surface area (Å²) in [6, 6.07) is 2.16. The molecule has 1 saturated heterocycles. The summed E-state index contributed by atoms with van der Waals surface area (Å²) in [6.07, 6.45) is 1.73. The predicted octanol–water partition coefficient (Wildman–Crippen LogP) is 0.376. The Morgan fingerprint density at radius 2 is 2.31 bits per heavy atom. The molecule has 6 heteroatoms. The van der Waals surface area contributed by atoms with Gasteiger partial charge in [0.1, 0.15) is 18.0 Å². The van der Waals surface area contributed by atoms with Crippen LogP contribution in [-0.2, 0) is 4.74 Å². The van der Waals surface area contributed by atoms with Gasteiger partial charge in [0.15, 0.2) is 0 Å². The third kappa shape index (κ3) is 2.23. The normalized spacial score (nSPS) is 25.6. The van der Waals surface area contributed by atoms with Crippen molar-refractivity contribution in [1.82, 2.24) is 9.97 Å². The zero-order valence-corrected chi connectivity index (χ0v) is 9.55. The minimum Gasteiger partial charge on any atom is -0.375 e. The van der Waals surface area contributed by atoms with Crippen LogP contribution in [0.4, 0.5) is 11.6 Å². The number of hydrazine groups is 1. The molecule has 16 heavy (non-hydrogen) atoms. The van der Waals surface area contributed by atoms with Crippen molar-refractivity contribution in [1.29, 1.82) is 0 Å². The smallest absolute Gasteiger partial charge is 0.145 e. The molecule has 1 aromatic rings. The highest BCUT2D eigenvalue weighted by atomic mass is 16.5. The van der Waals surface area contributed by atoms with E-state index in [0.717, 1.165) is 19.0 Å². The quantitative estimate of drug-likeness (QED) is 0.557. The molecule has 0 aliphatic carbocycles. The standard InChI is InChI=1S/C10H17N5O/c1-7-5-16-8(2)4-15(7)10-3-9(14-11)12-6-13-10/h3,6-8H,4-5,11H2,1-2H3,(H,12,13,14). The molecule has 2 atom stereocenters. The minimum atomic E-state index is 0.223. The van der Waals surface area contributed by atoms with Crippen molar-refractivity contribution >= 4 is 11.6 Å². The minimum absolute atomic E-state index is 0.223. The lowest BCUT2D eigenvalue weighted by atomic mass is 10.2. The third-order valence-corrected chi connectivity index (χ3v) is 2.70. The van der Waals surface area contributed by atoms with Crippen molar-refractivity contribution < 1.29 is 4.74 Å². The molecule has 2 unspecified atom stereocenters. The average Bonchev–Trinajstić information content (AvgIpc) is 2.32. The second-order valence-corrected chi connectivity index (χ2v) is 4.05. The molecule has 0 radical (unpaired) electrons. The zero-order chi connectivity index (χ0) is 11.5. The van der Waals surface area contributed by atoms with E-state index in [1.54, 1.807) is 0 Å². The average molecular weight is 223 g/mol. The van der Waals surface area contributed by atoms with Gasteiger partial charge in [0.2, 0.25) is 0 Å². The zero-order valence-electron chi connectivity index (χ0n) is 9.55. The molecule has 0 aromatic carbocycles. The van der Waals surface area contributed by atoms with Gasteiger partial charge < -0.3 is 15.1 Å². The van der Waals surface area contributed by atoms with Gasteiger partial charge in [-0.25, -0.2) is 15.8 Å². The molecule has 88 valence electrons. The Labute approximate surface area is 94.8 Å². The van der Waals surface area contributed by atoms with Crippen molar-refractivity contribution in [2.45, 2.75) is 26.0 Å². The highest BCUT2D eigenvalue weighted by Gasteiger charge is 2.24. The number of nitrogens with two attached hydrogens (primary N) is 1. The molecular weight excluding hydrogens is 206 g/mol. The van der Waals surface area contributed by atoms with Crippen LogP contribution >= 0.6 is 0 Å². The Hall–Kier alpha value is -1.40. The number of anilines is 2. The first kappa shape index (κ1) is 11.1.